The summed E-state index contributed by atoms with van der Waals surface area (Å²) in [5, 5.41) is 0. The maximum atomic E-state index is 15.3. The van der Waals surface area contributed by atoms with Crippen molar-refractivity contribution in [3.63, 3.8) is 0 Å². The molecule has 0 fully saturated rings. The molecule has 0 aromatic heterocycles. The molecule has 0 aliphatic carbocycles. The van der Waals surface area contributed by atoms with Gasteiger partial charge in [0.25, 0.3) is 0 Å². The third kappa shape index (κ3) is 5.18. The van der Waals surface area contributed by atoms with Crippen molar-refractivity contribution in [2.75, 3.05) is 9.80 Å². The maximum absolute atomic E-state index is 15.3. The summed E-state index contributed by atoms with van der Waals surface area (Å²) in [6.45, 7) is 6.57. The fourth-order valence-electron chi connectivity index (χ4n) is 7.48. The summed E-state index contributed by atoms with van der Waals surface area (Å²) in [5.41, 5.74) is 8.47. The Morgan fingerprint density at radius 3 is 1.10 bits per heavy atom. The van der Waals surface area contributed by atoms with Crippen LogP contribution in [-0.4, -0.2) is 0 Å². The molecule has 0 bridgehead atoms. The second kappa shape index (κ2) is 12.1. The minimum absolute atomic E-state index is 0.351. The van der Waals surface area contributed by atoms with E-state index in [0.29, 0.717) is 34.1 Å². The zero-order valence-electron chi connectivity index (χ0n) is 28.9. The minimum atomic E-state index is -0.541. The lowest BCUT2D eigenvalue weighted by Gasteiger charge is -2.42. The average Bonchev–Trinajstić information content (AvgIpc) is 3.15. The van der Waals surface area contributed by atoms with Crippen molar-refractivity contribution < 1.29 is 18.3 Å². The quantitative estimate of drug-likeness (QED) is 0.184. The Hall–Kier alpha value is -6.40. The molecule has 7 aromatic carbocycles. The first kappa shape index (κ1) is 31.6. The molecule has 0 saturated heterocycles. The Balaban J connectivity index is 1.51. The summed E-state index contributed by atoms with van der Waals surface area (Å²) in [7, 11) is 0. The molecule has 52 heavy (non-hydrogen) atoms. The van der Waals surface area contributed by atoms with E-state index in [1.165, 1.54) is 12.1 Å². The van der Waals surface area contributed by atoms with Crippen LogP contribution in [0.3, 0.4) is 0 Å². The standard InChI is InChI=1S/C46H34F2N2O2/c1-46(2,3)43-44(49-35-18-4-8-22-39(35)51-40-23-9-5-19-36(40)49)33(29-14-12-16-31(47)26-29)28-34(30-15-13-17-32(48)27-30)45(43)50-37-20-6-10-24-41(37)52-42-25-11-7-21-38(42)50/h4-28H,1-3H3. The molecule has 2 heterocycles. The van der Waals surface area contributed by atoms with Crippen LogP contribution < -0.4 is 19.3 Å². The molecule has 254 valence electrons. The first-order chi connectivity index (χ1) is 25.3. The van der Waals surface area contributed by atoms with E-state index in [9.17, 15) is 0 Å². The van der Waals surface area contributed by atoms with Crippen molar-refractivity contribution >= 4 is 34.1 Å². The highest BCUT2D eigenvalue weighted by molar-refractivity contribution is 6.05. The van der Waals surface area contributed by atoms with Gasteiger partial charge in [-0.05, 0) is 95.4 Å². The van der Waals surface area contributed by atoms with Gasteiger partial charge in [-0.2, -0.15) is 0 Å². The van der Waals surface area contributed by atoms with Crippen LogP contribution in [0.15, 0.2) is 152 Å². The maximum Gasteiger partial charge on any atom is 0.151 e. The van der Waals surface area contributed by atoms with Gasteiger partial charge in [-0.25, -0.2) is 8.78 Å². The number of nitrogens with zero attached hydrogens (tertiary/aromatic N) is 2. The summed E-state index contributed by atoms with van der Waals surface area (Å²) in [4.78, 5) is 4.48. The van der Waals surface area contributed by atoms with Crippen molar-refractivity contribution in [3.8, 4) is 45.3 Å². The van der Waals surface area contributed by atoms with Crippen LogP contribution in [0.25, 0.3) is 22.3 Å². The average molecular weight is 685 g/mol. The summed E-state index contributed by atoms with van der Waals surface area (Å²) in [6.07, 6.45) is 0. The monoisotopic (exact) mass is 684 g/mol. The van der Waals surface area contributed by atoms with Crippen LogP contribution in [0.5, 0.6) is 23.0 Å². The number of hydrogen-bond acceptors (Lipinski definition) is 4. The van der Waals surface area contributed by atoms with E-state index < -0.39 is 5.41 Å². The van der Waals surface area contributed by atoms with Crippen molar-refractivity contribution in [3.05, 3.63) is 169 Å². The predicted octanol–water partition coefficient (Wildman–Crippen LogP) is 13.7. The summed E-state index contributed by atoms with van der Waals surface area (Å²) in [5.74, 6) is 2.09. The lowest BCUT2D eigenvalue weighted by molar-refractivity contribution is 0.476. The molecule has 7 aromatic rings. The van der Waals surface area contributed by atoms with E-state index in [2.05, 4.69) is 36.6 Å². The zero-order valence-corrected chi connectivity index (χ0v) is 28.9. The molecule has 4 nitrogen and oxygen atoms in total. The molecule has 6 heteroatoms. The molecule has 0 unspecified atom stereocenters. The molecule has 0 saturated carbocycles. The van der Waals surface area contributed by atoms with Crippen LogP contribution in [0.1, 0.15) is 26.3 Å². The second-order valence-corrected chi connectivity index (χ2v) is 14.1. The number of fused-ring (bicyclic) bond motifs is 4. The van der Waals surface area contributed by atoms with Gasteiger partial charge in [0.1, 0.15) is 11.6 Å². The predicted molar refractivity (Wildman–Crippen MR) is 205 cm³/mol. The summed E-state index contributed by atoms with van der Waals surface area (Å²) >= 11 is 0. The molecule has 2 aliphatic rings. The van der Waals surface area contributed by atoms with E-state index in [-0.39, 0.29) is 11.6 Å². The first-order valence-electron chi connectivity index (χ1n) is 17.3. The van der Waals surface area contributed by atoms with Crippen LogP contribution >= 0.6 is 0 Å². The number of halogens is 2. The number of rotatable bonds is 4. The van der Waals surface area contributed by atoms with Gasteiger partial charge in [0.2, 0.25) is 0 Å². The van der Waals surface area contributed by atoms with Gasteiger partial charge >= 0.3 is 0 Å². The Labute approximate surface area is 301 Å². The lowest BCUT2D eigenvalue weighted by atomic mass is 9.78. The van der Waals surface area contributed by atoms with E-state index >= 15 is 8.78 Å². The second-order valence-electron chi connectivity index (χ2n) is 14.1. The third-order valence-corrected chi connectivity index (χ3v) is 9.61. The Kier molecular flexibility index (Phi) is 7.37. The molecule has 0 spiro atoms. The molecule has 0 radical (unpaired) electrons. The lowest BCUT2D eigenvalue weighted by Crippen LogP contribution is -2.27. The van der Waals surface area contributed by atoms with Gasteiger partial charge in [0.15, 0.2) is 23.0 Å². The van der Waals surface area contributed by atoms with Gasteiger partial charge in [-0.3, -0.25) is 0 Å². The summed E-state index contributed by atoms with van der Waals surface area (Å²) < 4.78 is 43.6. The highest BCUT2D eigenvalue weighted by Gasteiger charge is 2.39. The fraction of sp³-hybridized carbons (Fsp3) is 0.0870. The topological polar surface area (TPSA) is 24.9 Å². The van der Waals surface area contributed by atoms with E-state index in [1.807, 2.05) is 109 Å². The van der Waals surface area contributed by atoms with Crippen molar-refractivity contribution in [2.24, 2.45) is 0 Å². The van der Waals surface area contributed by atoms with Gasteiger partial charge in [-0.1, -0.05) is 93.6 Å². The smallest absolute Gasteiger partial charge is 0.151 e. The van der Waals surface area contributed by atoms with Crippen LogP contribution in [0, 0.1) is 11.6 Å². The van der Waals surface area contributed by atoms with Crippen molar-refractivity contribution in [1.82, 2.24) is 0 Å². The van der Waals surface area contributed by atoms with Crippen LogP contribution in [-0.2, 0) is 5.41 Å². The molecule has 0 atom stereocenters. The van der Waals surface area contributed by atoms with Crippen molar-refractivity contribution in [2.45, 2.75) is 26.2 Å². The zero-order chi connectivity index (χ0) is 35.6. The molecular formula is C46H34F2N2O2. The van der Waals surface area contributed by atoms with Crippen molar-refractivity contribution in [1.29, 1.82) is 0 Å². The van der Waals surface area contributed by atoms with E-state index in [4.69, 9.17) is 9.47 Å². The van der Waals surface area contributed by atoms with E-state index in [1.54, 1.807) is 24.3 Å². The highest BCUT2D eigenvalue weighted by atomic mass is 19.1. The van der Waals surface area contributed by atoms with E-state index in [0.717, 1.165) is 50.8 Å². The van der Waals surface area contributed by atoms with Crippen LogP contribution in [0.4, 0.5) is 42.9 Å². The van der Waals surface area contributed by atoms with Crippen LogP contribution in [0.2, 0.25) is 0 Å². The Morgan fingerprint density at radius 2 is 0.769 bits per heavy atom. The number of anilines is 6. The number of hydrogen-bond donors (Lipinski definition) is 0. The van der Waals surface area contributed by atoms with Gasteiger partial charge in [0.05, 0.1) is 34.1 Å². The third-order valence-electron chi connectivity index (χ3n) is 9.61. The Bertz CT molecular complexity index is 2270. The number of para-hydroxylation sites is 8. The SMILES string of the molecule is CC(C)(C)c1c(N2c3ccccc3Oc3ccccc32)c(-c2cccc(F)c2)cc(-c2cccc(F)c2)c1N1c2ccccc2Oc2ccccc21. The fourth-order valence-corrected chi connectivity index (χ4v) is 7.48. The Morgan fingerprint density at radius 1 is 0.423 bits per heavy atom. The minimum Gasteiger partial charge on any atom is -0.453 e. The highest BCUT2D eigenvalue weighted by Crippen LogP contribution is 2.61. The molecular weight excluding hydrogens is 651 g/mol. The van der Waals surface area contributed by atoms with Gasteiger partial charge in [-0.15, -0.1) is 0 Å². The van der Waals surface area contributed by atoms with Gasteiger partial charge in [0, 0.05) is 16.7 Å². The normalized spacial score (nSPS) is 12.9. The molecule has 9 rings (SSSR count). The number of ether oxygens (including phenoxy) is 2. The molecule has 0 amide bonds. The largest absolute Gasteiger partial charge is 0.453 e. The molecule has 2 aliphatic heterocycles. The molecule has 0 N–H and O–H groups in total. The number of benzene rings is 7. The summed E-state index contributed by atoms with van der Waals surface area (Å²) in [6, 6.07) is 47.4. The first-order valence-corrected chi connectivity index (χ1v) is 17.3. The van der Waals surface area contributed by atoms with Gasteiger partial charge < -0.3 is 19.3 Å².